The summed E-state index contributed by atoms with van der Waals surface area (Å²) < 4.78 is 5.77. The lowest BCUT2D eigenvalue weighted by atomic mass is 9.94. The zero-order valence-corrected chi connectivity index (χ0v) is 27.2. The molecule has 5 heteroatoms. The van der Waals surface area contributed by atoms with Crippen LogP contribution in [0, 0.1) is 5.92 Å². The Labute approximate surface area is 250 Å². The molecular weight excluding hydrogens is 498 g/mol. The number of carbonyl (C=O) groups is 1. The molecule has 0 aromatic carbocycles. The molecule has 0 heterocycles. The predicted molar refractivity (Wildman–Crippen MR) is 172 cm³/mol. The lowest BCUT2D eigenvalue weighted by Crippen LogP contribution is -2.27. The normalized spacial score (nSPS) is 12.3. The summed E-state index contributed by atoms with van der Waals surface area (Å²) in [6.07, 6.45) is 29.5. The van der Waals surface area contributed by atoms with Gasteiger partial charge in [0.2, 0.25) is 0 Å². The fourth-order valence-corrected chi connectivity index (χ4v) is 5.56. The Bertz CT molecular complexity index is 502. The van der Waals surface area contributed by atoms with E-state index in [1.165, 1.54) is 96.3 Å². The van der Waals surface area contributed by atoms with Crippen LogP contribution in [0.3, 0.4) is 0 Å². The van der Waals surface area contributed by atoms with Crippen molar-refractivity contribution < 1.29 is 19.7 Å². The summed E-state index contributed by atoms with van der Waals surface area (Å²) in [6.45, 7) is 9.09. The second kappa shape index (κ2) is 32.9. The van der Waals surface area contributed by atoms with Crippen LogP contribution in [-0.4, -0.2) is 60.5 Å². The van der Waals surface area contributed by atoms with Gasteiger partial charge in [-0.1, -0.05) is 123 Å². The summed E-state index contributed by atoms with van der Waals surface area (Å²) in [7, 11) is 0. The highest BCUT2D eigenvalue weighted by Crippen LogP contribution is 2.21. The van der Waals surface area contributed by atoms with Gasteiger partial charge in [-0.05, 0) is 71.0 Å². The molecule has 0 spiro atoms. The highest BCUT2D eigenvalue weighted by molar-refractivity contribution is 5.72. The van der Waals surface area contributed by atoms with Gasteiger partial charge in [-0.2, -0.15) is 0 Å². The summed E-state index contributed by atoms with van der Waals surface area (Å²) in [5.74, 6) is 0.171. The van der Waals surface area contributed by atoms with Gasteiger partial charge in [-0.15, -0.1) is 0 Å². The maximum atomic E-state index is 12.8. The molecule has 0 rings (SSSR count). The maximum absolute atomic E-state index is 12.8. The number of unbranched alkanes of at least 4 members (excludes halogenated alkanes) is 18. The third-order valence-electron chi connectivity index (χ3n) is 8.27. The van der Waals surface area contributed by atoms with Crippen molar-refractivity contribution in [1.82, 2.24) is 4.90 Å². The van der Waals surface area contributed by atoms with Crippen molar-refractivity contribution in [3.05, 3.63) is 0 Å². The molecule has 0 radical (unpaired) electrons. The van der Waals surface area contributed by atoms with Crippen LogP contribution in [0.15, 0.2) is 0 Å². The minimum Gasteiger partial charge on any atom is -0.465 e. The molecule has 0 fully saturated rings. The van der Waals surface area contributed by atoms with E-state index in [9.17, 15) is 4.79 Å². The maximum Gasteiger partial charge on any atom is 0.308 e. The quantitative estimate of drug-likeness (QED) is 0.0609. The van der Waals surface area contributed by atoms with Gasteiger partial charge in [0.05, 0.1) is 12.5 Å². The van der Waals surface area contributed by atoms with Gasteiger partial charge in [0.1, 0.15) is 0 Å². The third kappa shape index (κ3) is 27.5. The van der Waals surface area contributed by atoms with Gasteiger partial charge < -0.3 is 19.8 Å². The van der Waals surface area contributed by atoms with E-state index >= 15 is 0 Å². The Morgan fingerprint density at radius 2 is 0.900 bits per heavy atom. The van der Waals surface area contributed by atoms with Gasteiger partial charge in [-0.3, -0.25) is 4.79 Å². The summed E-state index contributed by atoms with van der Waals surface area (Å²) >= 11 is 0. The van der Waals surface area contributed by atoms with Crippen molar-refractivity contribution in [3.8, 4) is 0 Å². The summed E-state index contributed by atoms with van der Waals surface area (Å²) in [6, 6.07) is 0. The van der Waals surface area contributed by atoms with Gasteiger partial charge in [0.25, 0.3) is 0 Å². The first-order valence-electron chi connectivity index (χ1n) is 17.8. The Hall–Kier alpha value is -0.650. The number of aliphatic hydroxyl groups is 2. The molecule has 0 bridgehead atoms. The Morgan fingerprint density at radius 3 is 1.43 bits per heavy atom. The van der Waals surface area contributed by atoms with Crippen LogP contribution in [0.25, 0.3) is 0 Å². The van der Waals surface area contributed by atoms with E-state index < -0.39 is 0 Å². The Morgan fingerprint density at radius 1 is 0.525 bits per heavy atom. The first kappa shape index (κ1) is 39.4. The highest BCUT2D eigenvalue weighted by atomic mass is 16.5. The molecule has 0 aromatic heterocycles. The molecule has 0 aliphatic carbocycles. The van der Waals surface area contributed by atoms with Crippen LogP contribution in [0.4, 0.5) is 0 Å². The van der Waals surface area contributed by atoms with Crippen molar-refractivity contribution in [1.29, 1.82) is 0 Å². The minimum atomic E-state index is 0.0634. The Kier molecular flexibility index (Phi) is 32.3. The fraction of sp³-hybridized carbons (Fsp3) is 0.971. The van der Waals surface area contributed by atoms with E-state index in [0.717, 1.165) is 83.8 Å². The molecular formula is C35H71NO4. The largest absolute Gasteiger partial charge is 0.465 e. The number of nitrogens with zero attached hydrogens (tertiary/aromatic N) is 1. The minimum absolute atomic E-state index is 0.0634. The van der Waals surface area contributed by atoms with E-state index in [2.05, 4.69) is 18.7 Å². The van der Waals surface area contributed by atoms with Crippen LogP contribution in [0.5, 0.6) is 0 Å². The molecule has 1 unspecified atom stereocenters. The average molecular weight is 570 g/mol. The van der Waals surface area contributed by atoms with Crippen molar-refractivity contribution >= 4 is 5.97 Å². The van der Waals surface area contributed by atoms with Gasteiger partial charge in [0, 0.05) is 13.2 Å². The van der Waals surface area contributed by atoms with E-state index in [1.807, 2.05) is 0 Å². The van der Waals surface area contributed by atoms with Crippen LogP contribution >= 0.6 is 0 Å². The second-order valence-electron chi connectivity index (χ2n) is 12.2. The van der Waals surface area contributed by atoms with Crippen LogP contribution in [0.1, 0.15) is 174 Å². The predicted octanol–water partition coefficient (Wildman–Crippen LogP) is 9.22. The summed E-state index contributed by atoms with van der Waals surface area (Å²) in [4.78, 5) is 15.4. The lowest BCUT2D eigenvalue weighted by molar-refractivity contribution is -0.149. The van der Waals surface area contributed by atoms with Crippen LogP contribution < -0.4 is 0 Å². The SMILES string of the molecule is CCCCCCCCC(CCCCCC)C(=O)OCCCCCCN(CCCCO)CCCCCCCCCO. The number of rotatable bonds is 33. The third-order valence-corrected chi connectivity index (χ3v) is 8.27. The topological polar surface area (TPSA) is 70.0 Å². The van der Waals surface area contributed by atoms with E-state index in [-0.39, 0.29) is 11.9 Å². The van der Waals surface area contributed by atoms with E-state index in [1.54, 1.807) is 0 Å². The molecule has 5 nitrogen and oxygen atoms in total. The molecule has 0 aliphatic heterocycles. The highest BCUT2D eigenvalue weighted by Gasteiger charge is 2.19. The Balaban J connectivity index is 4.12. The molecule has 2 N–H and O–H groups in total. The first-order chi connectivity index (χ1) is 19.7. The molecule has 0 saturated carbocycles. The lowest BCUT2D eigenvalue weighted by Gasteiger charge is -2.22. The average Bonchev–Trinajstić information content (AvgIpc) is 2.96. The zero-order valence-electron chi connectivity index (χ0n) is 27.2. The molecule has 240 valence electrons. The second-order valence-corrected chi connectivity index (χ2v) is 12.2. The van der Waals surface area contributed by atoms with Crippen LogP contribution in [-0.2, 0) is 9.53 Å². The molecule has 1 atom stereocenters. The monoisotopic (exact) mass is 570 g/mol. The fourth-order valence-electron chi connectivity index (χ4n) is 5.56. The zero-order chi connectivity index (χ0) is 29.4. The van der Waals surface area contributed by atoms with Gasteiger partial charge in [0.15, 0.2) is 0 Å². The number of ether oxygens (including phenoxy) is 1. The standard InChI is InChI=1S/C35H71NO4/c1-3-5-7-9-13-19-27-34(26-18-8-6-4-2)35(39)40-33-25-17-15-21-29-36(30-22-24-32-38)28-20-14-11-10-12-16-23-31-37/h34,37-38H,3-33H2,1-2H3. The van der Waals surface area contributed by atoms with E-state index in [0.29, 0.717) is 19.8 Å². The molecule has 0 aliphatic rings. The smallest absolute Gasteiger partial charge is 0.308 e. The van der Waals surface area contributed by atoms with Crippen molar-refractivity contribution in [2.24, 2.45) is 5.92 Å². The van der Waals surface area contributed by atoms with Crippen molar-refractivity contribution in [2.75, 3.05) is 39.5 Å². The van der Waals surface area contributed by atoms with Crippen molar-refractivity contribution in [2.45, 2.75) is 174 Å². The summed E-state index contributed by atoms with van der Waals surface area (Å²) in [5.41, 5.74) is 0. The number of esters is 1. The first-order valence-corrected chi connectivity index (χ1v) is 17.8. The number of aliphatic hydroxyl groups excluding tert-OH is 2. The number of carbonyl (C=O) groups excluding carboxylic acids is 1. The molecule has 0 aromatic rings. The molecule has 0 saturated heterocycles. The molecule has 0 amide bonds. The van der Waals surface area contributed by atoms with Gasteiger partial charge in [-0.25, -0.2) is 0 Å². The molecule has 40 heavy (non-hydrogen) atoms. The number of hydrogen-bond acceptors (Lipinski definition) is 5. The van der Waals surface area contributed by atoms with Gasteiger partial charge >= 0.3 is 5.97 Å². The summed E-state index contributed by atoms with van der Waals surface area (Å²) in [5, 5.41) is 18.0. The van der Waals surface area contributed by atoms with Crippen molar-refractivity contribution in [3.63, 3.8) is 0 Å². The van der Waals surface area contributed by atoms with Crippen LogP contribution in [0.2, 0.25) is 0 Å². The van der Waals surface area contributed by atoms with E-state index in [4.69, 9.17) is 14.9 Å². The number of hydrogen-bond donors (Lipinski definition) is 2.